The second-order valence-electron chi connectivity index (χ2n) is 4.11. The maximum Gasteiger partial charge on any atom is 0.177 e. The van der Waals surface area contributed by atoms with Gasteiger partial charge in [0.15, 0.2) is 5.78 Å². The summed E-state index contributed by atoms with van der Waals surface area (Å²) in [4.78, 5) is 12.9. The molecule has 0 aliphatic heterocycles. The minimum atomic E-state index is -0.312. The van der Waals surface area contributed by atoms with E-state index in [-0.39, 0.29) is 11.6 Å². The fourth-order valence-corrected chi connectivity index (χ4v) is 4.30. The van der Waals surface area contributed by atoms with Crippen LogP contribution >= 0.6 is 38.6 Å². The van der Waals surface area contributed by atoms with E-state index in [2.05, 4.69) is 15.9 Å². The van der Waals surface area contributed by atoms with Gasteiger partial charge in [-0.3, -0.25) is 4.79 Å². The first-order valence-corrected chi connectivity index (χ1v) is 8.06. The van der Waals surface area contributed by atoms with Crippen molar-refractivity contribution in [1.29, 1.82) is 0 Å². The number of halogens is 2. The fraction of sp³-hybridized carbons (Fsp3) is 0.0714. The van der Waals surface area contributed by atoms with Crippen LogP contribution in [0.4, 0.5) is 4.39 Å². The minimum absolute atomic E-state index is 0.0758. The zero-order chi connectivity index (χ0) is 13.4. The Hall–Kier alpha value is -1.04. The average molecular weight is 355 g/mol. The largest absolute Gasteiger partial charge is 0.293 e. The molecule has 19 heavy (non-hydrogen) atoms. The molecule has 0 aliphatic carbocycles. The van der Waals surface area contributed by atoms with Crippen molar-refractivity contribution in [3.05, 3.63) is 56.4 Å². The summed E-state index contributed by atoms with van der Waals surface area (Å²) in [6.07, 6.45) is 0.298. The summed E-state index contributed by atoms with van der Waals surface area (Å²) in [6.45, 7) is 0. The first-order valence-electron chi connectivity index (χ1n) is 5.57. The van der Waals surface area contributed by atoms with Gasteiger partial charge in [0.25, 0.3) is 0 Å². The molecule has 0 saturated heterocycles. The van der Waals surface area contributed by atoms with Crippen LogP contribution in [0, 0.1) is 5.82 Å². The molecule has 3 rings (SSSR count). The summed E-state index contributed by atoms with van der Waals surface area (Å²) in [5.41, 5.74) is 0.815. The Kier molecular flexibility index (Phi) is 3.52. The van der Waals surface area contributed by atoms with E-state index in [0.29, 0.717) is 10.9 Å². The number of ketones is 1. The number of benzene rings is 1. The molecule has 96 valence electrons. The van der Waals surface area contributed by atoms with E-state index in [1.54, 1.807) is 23.5 Å². The first kappa shape index (κ1) is 13.0. The molecular formula is C14H8BrFOS2. The highest BCUT2D eigenvalue weighted by atomic mass is 79.9. The van der Waals surface area contributed by atoms with Gasteiger partial charge in [0.2, 0.25) is 0 Å². The lowest BCUT2D eigenvalue weighted by molar-refractivity contribution is 0.0997. The van der Waals surface area contributed by atoms with Crippen LogP contribution in [0.5, 0.6) is 0 Å². The molecule has 0 aliphatic rings. The van der Waals surface area contributed by atoms with E-state index >= 15 is 0 Å². The van der Waals surface area contributed by atoms with Crippen molar-refractivity contribution >= 4 is 53.8 Å². The molecule has 0 saturated carbocycles. The maximum atomic E-state index is 13.1. The molecule has 0 N–H and O–H groups in total. The van der Waals surface area contributed by atoms with Gasteiger partial charge in [-0.1, -0.05) is 6.07 Å². The van der Waals surface area contributed by atoms with Crippen LogP contribution in [-0.2, 0) is 6.42 Å². The SMILES string of the molecule is O=C(Cc1ccc(F)c(Br)c1)c1cc2sccc2s1. The van der Waals surface area contributed by atoms with Gasteiger partial charge >= 0.3 is 0 Å². The summed E-state index contributed by atoms with van der Waals surface area (Å²) < 4.78 is 15.8. The zero-order valence-corrected chi connectivity index (χ0v) is 12.9. The van der Waals surface area contributed by atoms with Crippen LogP contribution in [0.3, 0.4) is 0 Å². The topological polar surface area (TPSA) is 17.1 Å². The highest BCUT2D eigenvalue weighted by Gasteiger charge is 2.12. The van der Waals surface area contributed by atoms with Gasteiger partial charge in [-0.25, -0.2) is 4.39 Å². The quantitative estimate of drug-likeness (QED) is 0.584. The van der Waals surface area contributed by atoms with E-state index in [1.807, 2.05) is 17.5 Å². The molecule has 2 aromatic heterocycles. The number of carbonyl (C=O) groups is 1. The molecule has 0 spiro atoms. The van der Waals surface area contributed by atoms with Crippen LogP contribution in [0.15, 0.2) is 40.2 Å². The normalized spacial score (nSPS) is 11.1. The smallest absolute Gasteiger partial charge is 0.177 e. The van der Waals surface area contributed by atoms with Gasteiger partial charge in [0.05, 0.1) is 9.35 Å². The van der Waals surface area contributed by atoms with Gasteiger partial charge in [-0.05, 0) is 51.1 Å². The van der Waals surface area contributed by atoms with Crippen molar-refractivity contribution in [2.75, 3.05) is 0 Å². The molecule has 2 heterocycles. The second-order valence-corrected chi connectivity index (χ2v) is 6.99. The number of fused-ring (bicyclic) bond motifs is 1. The van der Waals surface area contributed by atoms with Gasteiger partial charge in [0.1, 0.15) is 5.82 Å². The third-order valence-corrected chi connectivity index (χ3v) is 5.51. The molecule has 0 amide bonds. The number of rotatable bonds is 3. The highest BCUT2D eigenvalue weighted by molar-refractivity contribution is 9.10. The molecule has 0 bridgehead atoms. The average Bonchev–Trinajstić information content (AvgIpc) is 2.94. The molecule has 1 aromatic carbocycles. The number of Topliss-reactive ketones (excluding diaryl/α,β-unsaturated/α-hetero) is 1. The third-order valence-electron chi connectivity index (χ3n) is 2.76. The van der Waals surface area contributed by atoms with Gasteiger partial charge in [0, 0.05) is 15.8 Å². The summed E-state index contributed by atoms with van der Waals surface area (Å²) in [5, 5.41) is 2.02. The van der Waals surface area contributed by atoms with Crippen molar-refractivity contribution in [3.8, 4) is 0 Å². The summed E-state index contributed by atoms with van der Waals surface area (Å²) in [6, 6.07) is 8.64. The van der Waals surface area contributed by atoms with Crippen molar-refractivity contribution in [1.82, 2.24) is 0 Å². The highest BCUT2D eigenvalue weighted by Crippen LogP contribution is 2.30. The van der Waals surface area contributed by atoms with E-state index in [0.717, 1.165) is 19.8 Å². The number of hydrogen-bond acceptors (Lipinski definition) is 3. The standard InChI is InChI=1S/C14H8BrFOS2/c15-9-5-8(1-2-10(9)16)6-11(17)13-7-14-12(19-13)3-4-18-14/h1-5,7H,6H2. The lowest BCUT2D eigenvalue weighted by atomic mass is 10.1. The van der Waals surface area contributed by atoms with Crippen molar-refractivity contribution < 1.29 is 9.18 Å². The van der Waals surface area contributed by atoms with E-state index < -0.39 is 0 Å². The fourth-order valence-electron chi connectivity index (χ4n) is 1.83. The van der Waals surface area contributed by atoms with Gasteiger partial charge < -0.3 is 0 Å². The van der Waals surface area contributed by atoms with Crippen LogP contribution in [0.2, 0.25) is 0 Å². The molecular weight excluding hydrogens is 347 g/mol. The van der Waals surface area contributed by atoms with Crippen molar-refractivity contribution in [2.45, 2.75) is 6.42 Å². The Morgan fingerprint density at radius 3 is 2.79 bits per heavy atom. The molecule has 0 fully saturated rings. The molecule has 0 radical (unpaired) electrons. The second kappa shape index (κ2) is 5.15. The summed E-state index contributed by atoms with van der Waals surface area (Å²) in [7, 11) is 0. The van der Waals surface area contributed by atoms with Gasteiger partial charge in [-0.15, -0.1) is 22.7 Å². The Labute approximate surface area is 125 Å². The molecule has 3 aromatic rings. The van der Waals surface area contributed by atoms with Crippen LogP contribution in [0.25, 0.3) is 9.40 Å². The third kappa shape index (κ3) is 2.63. The van der Waals surface area contributed by atoms with Crippen LogP contribution in [0.1, 0.15) is 15.2 Å². The van der Waals surface area contributed by atoms with Crippen LogP contribution in [-0.4, -0.2) is 5.78 Å². The van der Waals surface area contributed by atoms with E-state index in [1.165, 1.54) is 17.4 Å². The minimum Gasteiger partial charge on any atom is -0.293 e. The Balaban J connectivity index is 1.84. The number of carbonyl (C=O) groups excluding carboxylic acids is 1. The Morgan fingerprint density at radius 2 is 2.05 bits per heavy atom. The molecule has 1 nitrogen and oxygen atoms in total. The predicted molar refractivity (Wildman–Crippen MR) is 81.8 cm³/mol. The number of thiophene rings is 2. The Bertz CT molecular complexity index is 731. The molecule has 0 unspecified atom stereocenters. The zero-order valence-electron chi connectivity index (χ0n) is 9.65. The lowest BCUT2D eigenvalue weighted by Crippen LogP contribution is -2.01. The summed E-state index contributed by atoms with van der Waals surface area (Å²) in [5.74, 6) is -0.236. The van der Waals surface area contributed by atoms with E-state index in [4.69, 9.17) is 0 Å². The monoisotopic (exact) mass is 354 g/mol. The lowest BCUT2D eigenvalue weighted by Gasteiger charge is -2.01. The van der Waals surface area contributed by atoms with Crippen LogP contribution < -0.4 is 0 Å². The predicted octanol–water partition coefficient (Wildman–Crippen LogP) is 5.29. The molecule has 5 heteroatoms. The van der Waals surface area contributed by atoms with Crippen molar-refractivity contribution in [2.24, 2.45) is 0 Å². The van der Waals surface area contributed by atoms with Gasteiger partial charge in [-0.2, -0.15) is 0 Å². The first-order chi connectivity index (χ1) is 9.13. The Morgan fingerprint density at radius 1 is 1.21 bits per heavy atom. The summed E-state index contributed by atoms with van der Waals surface area (Å²) >= 11 is 6.28. The number of hydrogen-bond donors (Lipinski definition) is 0. The molecule has 0 atom stereocenters. The maximum absolute atomic E-state index is 13.1. The van der Waals surface area contributed by atoms with E-state index in [9.17, 15) is 9.18 Å². The van der Waals surface area contributed by atoms with Crippen molar-refractivity contribution in [3.63, 3.8) is 0 Å².